The Morgan fingerprint density at radius 2 is 2.00 bits per heavy atom. The van der Waals surface area contributed by atoms with E-state index in [-0.39, 0.29) is 0 Å². The van der Waals surface area contributed by atoms with E-state index in [9.17, 15) is 0 Å². The van der Waals surface area contributed by atoms with E-state index >= 15 is 0 Å². The van der Waals surface area contributed by atoms with Crippen LogP contribution < -0.4 is 0 Å². The van der Waals surface area contributed by atoms with Crippen molar-refractivity contribution in [3.63, 3.8) is 0 Å². The van der Waals surface area contributed by atoms with Gasteiger partial charge in [0, 0.05) is 49.3 Å². The van der Waals surface area contributed by atoms with Gasteiger partial charge in [-0.1, -0.05) is 13.8 Å². The summed E-state index contributed by atoms with van der Waals surface area (Å²) in [7, 11) is 0. The summed E-state index contributed by atoms with van der Waals surface area (Å²) in [5.74, 6) is 2.08. The Morgan fingerprint density at radius 3 is 2.80 bits per heavy atom. The van der Waals surface area contributed by atoms with Crippen molar-refractivity contribution < 1.29 is 0 Å². The van der Waals surface area contributed by atoms with Gasteiger partial charge >= 0.3 is 0 Å². The third-order valence-electron chi connectivity index (χ3n) is 4.76. The highest BCUT2D eigenvalue weighted by atomic mass is 15.2. The van der Waals surface area contributed by atoms with Gasteiger partial charge in [-0.25, -0.2) is 19.9 Å². The predicted molar refractivity (Wildman–Crippen MR) is 96.4 cm³/mol. The lowest BCUT2D eigenvalue weighted by Crippen LogP contribution is -2.31. The van der Waals surface area contributed by atoms with Gasteiger partial charge in [-0.3, -0.25) is 9.30 Å². The molecule has 0 unspecified atom stereocenters. The number of hydrogen-bond acceptors (Lipinski definition) is 5. The van der Waals surface area contributed by atoms with Gasteiger partial charge in [0.2, 0.25) is 5.78 Å². The minimum absolute atomic E-state index is 0.358. The van der Waals surface area contributed by atoms with E-state index in [1.165, 1.54) is 17.0 Å². The average Bonchev–Trinajstić information content (AvgIpc) is 2.96. The number of rotatable bonds is 3. The molecule has 0 aliphatic carbocycles. The molecule has 0 atom stereocenters. The Kier molecular flexibility index (Phi) is 4.00. The van der Waals surface area contributed by atoms with Gasteiger partial charge in [0.25, 0.3) is 0 Å². The van der Waals surface area contributed by atoms with Crippen molar-refractivity contribution in [3.05, 3.63) is 52.6 Å². The minimum atomic E-state index is 0.358. The Morgan fingerprint density at radius 1 is 1.16 bits per heavy atom. The maximum absolute atomic E-state index is 4.78. The second-order valence-electron chi connectivity index (χ2n) is 7.26. The van der Waals surface area contributed by atoms with Crippen LogP contribution in [0.15, 0.2) is 18.5 Å². The second kappa shape index (κ2) is 6.19. The van der Waals surface area contributed by atoms with Crippen LogP contribution in [0.3, 0.4) is 0 Å². The summed E-state index contributed by atoms with van der Waals surface area (Å²) in [6.07, 6.45) is 5.11. The summed E-state index contributed by atoms with van der Waals surface area (Å²) >= 11 is 0. The molecule has 1 aliphatic heterocycles. The molecular formula is C19H24N6. The van der Waals surface area contributed by atoms with Gasteiger partial charge in [-0.15, -0.1) is 0 Å². The molecule has 6 heteroatoms. The van der Waals surface area contributed by atoms with Crippen LogP contribution in [-0.2, 0) is 19.5 Å². The summed E-state index contributed by atoms with van der Waals surface area (Å²) < 4.78 is 2.07. The van der Waals surface area contributed by atoms with Crippen molar-refractivity contribution in [3.8, 4) is 0 Å². The zero-order valence-electron chi connectivity index (χ0n) is 15.3. The van der Waals surface area contributed by atoms with Crippen molar-refractivity contribution in [2.75, 3.05) is 6.54 Å². The lowest BCUT2D eigenvalue weighted by molar-refractivity contribution is 0.238. The highest BCUT2D eigenvalue weighted by Gasteiger charge is 2.20. The van der Waals surface area contributed by atoms with Crippen molar-refractivity contribution in [1.29, 1.82) is 0 Å². The molecule has 0 saturated heterocycles. The monoisotopic (exact) mass is 336 g/mol. The third-order valence-corrected chi connectivity index (χ3v) is 4.76. The maximum atomic E-state index is 4.78. The van der Waals surface area contributed by atoms with Crippen LogP contribution in [0.5, 0.6) is 0 Å². The first-order chi connectivity index (χ1) is 12.0. The molecule has 0 spiro atoms. The van der Waals surface area contributed by atoms with E-state index < -0.39 is 0 Å². The molecule has 25 heavy (non-hydrogen) atoms. The van der Waals surface area contributed by atoms with E-state index in [4.69, 9.17) is 9.97 Å². The van der Waals surface area contributed by atoms with Gasteiger partial charge < -0.3 is 0 Å². The second-order valence-corrected chi connectivity index (χ2v) is 7.26. The summed E-state index contributed by atoms with van der Waals surface area (Å²) in [6, 6.07) is 2.08. The van der Waals surface area contributed by atoms with E-state index in [0.717, 1.165) is 49.0 Å². The molecule has 0 fully saturated rings. The predicted octanol–water partition coefficient (Wildman–Crippen LogP) is 2.82. The van der Waals surface area contributed by atoms with Gasteiger partial charge in [0.1, 0.15) is 5.82 Å². The number of aryl methyl sites for hydroxylation is 2. The van der Waals surface area contributed by atoms with Crippen LogP contribution in [0, 0.1) is 13.8 Å². The highest BCUT2D eigenvalue weighted by molar-refractivity contribution is 5.34. The molecular weight excluding hydrogens is 312 g/mol. The molecule has 3 aromatic rings. The first-order valence-electron chi connectivity index (χ1n) is 8.89. The molecule has 0 saturated carbocycles. The summed E-state index contributed by atoms with van der Waals surface area (Å²) in [6.45, 7) is 11.1. The van der Waals surface area contributed by atoms with Crippen molar-refractivity contribution in [1.82, 2.24) is 29.2 Å². The van der Waals surface area contributed by atoms with E-state index in [0.29, 0.717) is 5.92 Å². The average molecular weight is 336 g/mol. The van der Waals surface area contributed by atoms with Gasteiger partial charge in [-0.2, -0.15) is 0 Å². The third kappa shape index (κ3) is 3.14. The van der Waals surface area contributed by atoms with Crippen LogP contribution in [0.1, 0.15) is 53.9 Å². The molecule has 0 radical (unpaired) electrons. The minimum Gasteiger partial charge on any atom is -0.291 e. The van der Waals surface area contributed by atoms with Gasteiger partial charge in [0.15, 0.2) is 0 Å². The molecule has 1 aliphatic rings. The SMILES string of the molecule is Cc1cc(C)n2cc(CN3CCc4cnc(C(C)C)nc4C3)nc2n1. The molecule has 4 rings (SSSR count). The van der Waals surface area contributed by atoms with Crippen molar-refractivity contribution in [2.45, 2.75) is 53.1 Å². The first-order valence-corrected chi connectivity index (χ1v) is 8.89. The Labute approximate surface area is 148 Å². The van der Waals surface area contributed by atoms with Crippen LogP contribution in [0.4, 0.5) is 0 Å². The van der Waals surface area contributed by atoms with Gasteiger partial charge in [-0.05, 0) is 31.9 Å². The summed E-state index contributed by atoms with van der Waals surface area (Å²) in [5, 5.41) is 0. The highest BCUT2D eigenvalue weighted by Crippen LogP contribution is 2.20. The van der Waals surface area contributed by atoms with Crippen LogP contribution in [0.2, 0.25) is 0 Å². The smallest absolute Gasteiger partial charge is 0.234 e. The fourth-order valence-corrected chi connectivity index (χ4v) is 3.41. The standard InChI is InChI=1S/C19H24N6/c1-12(2)18-20-8-15-5-6-24(11-17(15)23-18)9-16-10-25-14(4)7-13(3)21-19(25)22-16/h7-8,10,12H,5-6,9,11H2,1-4H3. The van der Waals surface area contributed by atoms with Crippen LogP contribution >= 0.6 is 0 Å². The van der Waals surface area contributed by atoms with Gasteiger partial charge in [0.05, 0.1) is 11.4 Å². The van der Waals surface area contributed by atoms with E-state index in [1.807, 2.05) is 13.1 Å². The zero-order valence-corrected chi connectivity index (χ0v) is 15.3. The quantitative estimate of drug-likeness (QED) is 0.736. The first kappa shape index (κ1) is 16.1. The Hall–Kier alpha value is -2.34. The fraction of sp³-hybridized carbons (Fsp3) is 0.474. The lowest BCUT2D eigenvalue weighted by Gasteiger charge is -2.27. The van der Waals surface area contributed by atoms with E-state index in [1.54, 1.807) is 0 Å². The molecule has 0 aromatic carbocycles. The lowest BCUT2D eigenvalue weighted by atomic mass is 10.1. The van der Waals surface area contributed by atoms with E-state index in [2.05, 4.69) is 52.3 Å². The normalized spacial score (nSPS) is 15.1. The molecule has 4 heterocycles. The largest absolute Gasteiger partial charge is 0.291 e. The number of imidazole rings is 1. The summed E-state index contributed by atoms with van der Waals surface area (Å²) in [5.41, 5.74) is 5.68. The van der Waals surface area contributed by atoms with Crippen molar-refractivity contribution >= 4 is 5.78 Å². The molecule has 0 N–H and O–H groups in total. The molecule has 3 aromatic heterocycles. The molecule has 0 amide bonds. The number of aromatic nitrogens is 5. The maximum Gasteiger partial charge on any atom is 0.234 e. The van der Waals surface area contributed by atoms with Crippen molar-refractivity contribution in [2.24, 2.45) is 0 Å². The molecule has 0 bridgehead atoms. The Balaban J connectivity index is 1.56. The number of hydrogen-bond donors (Lipinski definition) is 0. The molecule has 6 nitrogen and oxygen atoms in total. The molecule has 130 valence electrons. The number of nitrogens with zero attached hydrogens (tertiary/aromatic N) is 6. The topological polar surface area (TPSA) is 59.2 Å². The van der Waals surface area contributed by atoms with Crippen LogP contribution in [0.25, 0.3) is 5.78 Å². The van der Waals surface area contributed by atoms with Crippen LogP contribution in [-0.4, -0.2) is 35.8 Å². The number of fused-ring (bicyclic) bond motifs is 2. The summed E-state index contributed by atoms with van der Waals surface area (Å²) in [4.78, 5) is 20.9. The zero-order chi connectivity index (χ0) is 17.6. The fourth-order valence-electron chi connectivity index (χ4n) is 3.41. The Bertz CT molecular complexity index is 927.